The van der Waals surface area contributed by atoms with Gasteiger partial charge in [-0.3, -0.25) is 9.59 Å². The van der Waals surface area contributed by atoms with Gasteiger partial charge in [-0.05, 0) is 68.8 Å². The first-order valence-corrected chi connectivity index (χ1v) is 9.97. The lowest BCUT2D eigenvalue weighted by Crippen LogP contribution is -2.37. The van der Waals surface area contributed by atoms with Gasteiger partial charge in [0.2, 0.25) is 5.91 Å². The average molecular weight is 357 g/mol. The summed E-state index contributed by atoms with van der Waals surface area (Å²) in [6.45, 7) is 7.38. The predicted octanol–water partition coefficient (Wildman–Crippen LogP) is 2.31. The standard InChI is InChI=1S/C21H31N3O2/c1-17(25)24-13-8-19(9-14-24)16-18-4-6-20(7-5-18)21(26)22-10-15-23-11-2-3-12-23/h4-7,19H,2-3,8-16H2,1H3,(H,22,26). The van der Waals surface area contributed by atoms with Gasteiger partial charge in [-0.25, -0.2) is 0 Å². The quantitative estimate of drug-likeness (QED) is 0.850. The lowest BCUT2D eigenvalue weighted by molar-refractivity contribution is -0.130. The van der Waals surface area contributed by atoms with Crippen LogP contribution in [-0.2, 0) is 11.2 Å². The first kappa shape index (κ1) is 18.9. The number of rotatable bonds is 6. The summed E-state index contributed by atoms with van der Waals surface area (Å²) in [5.74, 6) is 0.833. The topological polar surface area (TPSA) is 52.7 Å². The smallest absolute Gasteiger partial charge is 0.251 e. The Hall–Kier alpha value is -1.88. The third-order valence-corrected chi connectivity index (χ3v) is 5.71. The van der Waals surface area contributed by atoms with Gasteiger partial charge in [0.1, 0.15) is 0 Å². The molecule has 5 nitrogen and oxygen atoms in total. The van der Waals surface area contributed by atoms with Crippen LogP contribution < -0.4 is 5.32 Å². The third-order valence-electron chi connectivity index (χ3n) is 5.71. The van der Waals surface area contributed by atoms with Crippen molar-refractivity contribution in [3.63, 3.8) is 0 Å². The number of likely N-dealkylation sites (tertiary alicyclic amines) is 2. The summed E-state index contributed by atoms with van der Waals surface area (Å²) in [7, 11) is 0. The van der Waals surface area contributed by atoms with Gasteiger partial charge in [0.05, 0.1) is 0 Å². The molecule has 1 aromatic carbocycles. The molecule has 2 heterocycles. The van der Waals surface area contributed by atoms with E-state index in [1.807, 2.05) is 17.0 Å². The van der Waals surface area contributed by atoms with Gasteiger partial charge < -0.3 is 15.1 Å². The highest BCUT2D eigenvalue weighted by atomic mass is 16.2. The maximum Gasteiger partial charge on any atom is 0.251 e. The highest BCUT2D eigenvalue weighted by molar-refractivity contribution is 5.94. The Balaban J connectivity index is 1.41. The summed E-state index contributed by atoms with van der Waals surface area (Å²) in [6.07, 6.45) is 5.73. The number of carbonyl (C=O) groups excluding carboxylic acids is 2. The maximum absolute atomic E-state index is 12.3. The zero-order valence-electron chi connectivity index (χ0n) is 15.9. The molecular weight excluding hydrogens is 326 g/mol. The Bertz CT molecular complexity index is 600. The number of hydrogen-bond acceptors (Lipinski definition) is 3. The molecule has 26 heavy (non-hydrogen) atoms. The fourth-order valence-corrected chi connectivity index (χ4v) is 4.01. The summed E-state index contributed by atoms with van der Waals surface area (Å²) in [5.41, 5.74) is 2.02. The molecule has 0 bridgehead atoms. The van der Waals surface area contributed by atoms with E-state index in [1.54, 1.807) is 6.92 Å². The Labute approximate surface area is 156 Å². The van der Waals surface area contributed by atoms with E-state index in [4.69, 9.17) is 0 Å². The monoisotopic (exact) mass is 357 g/mol. The van der Waals surface area contributed by atoms with Crippen LogP contribution in [0.5, 0.6) is 0 Å². The van der Waals surface area contributed by atoms with Gasteiger partial charge in [0, 0.05) is 38.7 Å². The molecule has 2 amide bonds. The van der Waals surface area contributed by atoms with Crippen molar-refractivity contribution in [2.75, 3.05) is 39.3 Å². The zero-order valence-corrected chi connectivity index (χ0v) is 15.9. The molecule has 2 aliphatic rings. The number of hydrogen-bond donors (Lipinski definition) is 1. The fourth-order valence-electron chi connectivity index (χ4n) is 4.01. The van der Waals surface area contributed by atoms with Crippen molar-refractivity contribution in [1.82, 2.24) is 15.1 Å². The van der Waals surface area contributed by atoms with Crippen LogP contribution in [0.3, 0.4) is 0 Å². The van der Waals surface area contributed by atoms with Crippen molar-refractivity contribution in [1.29, 1.82) is 0 Å². The number of piperidine rings is 1. The molecule has 0 unspecified atom stereocenters. The molecule has 5 heteroatoms. The Morgan fingerprint density at radius 1 is 1.04 bits per heavy atom. The van der Waals surface area contributed by atoms with Gasteiger partial charge in [-0.15, -0.1) is 0 Å². The van der Waals surface area contributed by atoms with Gasteiger partial charge in [-0.1, -0.05) is 12.1 Å². The second-order valence-electron chi connectivity index (χ2n) is 7.66. The predicted molar refractivity (Wildman–Crippen MR) is 103 cm³/mol. The van der Waals surface area contributed by atoms with Crippen LogP contribution in [0.4, 0.5) is 0 Å². The van der Waals surface area contributed by atoms with Gasteiger partial charge in [0.15, 0.2) is 0 Å². The van der Waals surface area contributed by atoms with Crippen LogP contribution in [0, 0.1) is 5.92 Å². The second-order valence-corrected chi connectivity index (χ2v) is 7.66. The summed E-state index contributed by atoms with van der Waals surface area (Å²) in [5, 5.41) is 3.02. The number of nitrogens with one attached hydrogen (secondary N) is 1. The normalized spacial score (nSPS) is 18.9. The lowest BCUT2D eigenvalue weighted by atomic mass is 9.90. The minimum atomic E-state index is 0.0190. The van der Waals surface area contributed by atoms with Crippen molar-refractivity contribution in [3.8, 4) is 0 Å². The van der Waals surface area contributed by atoms with Gasteiger partial charge >= 0.3 is 0 Å². The van der Waals surface area contributed by atoms with Crippen LogP contribution in [0.1, 0.15) is 48.5 Å². The third kappa shape index (κ3) is 5.31. The second kappa shape index (κ2) is 9.17. The maximum atomic E-state index is 12.3. The Kier molecular flexibility index (Phi) is 6.67. The molecule has 142 valence electrons. The molecule has 0 aliphatic carbocycles. The van der Waals surface area contributed by atoms with E-state index in [-0.39, 0.29) is 11.8 Å². The Morgan fingerprint density at radius 2 is 1.69 bits per heavy atom. The lowest BCUT2D eigenvalue weighted by Gasteiger charge is -2.31. The molecule has 0 atom stereocenters. The first-order valence-electron chi connectivity index (χ1n) is 9.97. The van der Waals surface area contributed by atoms with E-state index in [9.17, 15) is 9.59 Å². The fraction of sp³-hybridized carbons (Fsp3) is 0.619. The molecule has 2 fully saturated rings. The summed E-state index contributed by atoms with van der Waals surface area (Å²) < 4.78 is 0. The minimum Gasteiger partial charge on any atom is -0.351 e. The van der Waals surface area contributed by atoms with Gasteiger partial charge in [-0.2, -0.15) is 0 Å². The van der Waals surface area contributed by atoms with Crippen LogP contribution in [-0.4, -0.2) is 60.9 Å². The number of carbonyl (C=O) groups is 2. The van der Waals surface area contributed by atoms with Crippen LogP contribution in [0.25, 0.3) is 0 Å². The molecule has 3 rings (SSSR count). The summed E-state index contributed by atoms with van der Waals surface area (Å²) in [6, 6.07) is 8.02. The van der Waals surface area contributed by atoms with E-state index in [0.29, 0.717) is 5.92 Å². The van der Waals surface area contributed by atoms with Crippen molar-refractivity contribution in [3.05, 3.63) is 35.4 Å². The number of benzene rings is 1. The minimum absolute atomic E-state index is 0.0190. The van der Waals surface area contributed by atoms with Crippen LogP contribution >= 0.6 is 0 Å². The van der Waals surface area contributed by atoms with Crippen LogP contribution in [0.2, 0.25) is 0 Å². The van der Waals surface area contributed by atoms with Crippen molar-refractivity contribution < 1.29 is 9.59 Å². The number of amides is 2. The summed E-state index contributed by atoms with van der Waals surface area (Å²) >= 11 is 0. The first-order chi connectivity index (χ1) is 12.6. The highest BCUT2D eigenvalue weighted by Crippen LogP contribution is 2.22. The summed E-state index contributed by atoms with van der Waals surface area (Å²) in [4.78, 5) is 28.0. The molecule has 2 aliphatic heterocycles. The molecule has 0 saturated carbocycles. The zero-order chi connectivity index (χ0) is 18.4. The van der Waals surface area contributed by atoms with Gasteiger partial charge in [0.25, 0.3) is 5.91 Å². The highest BCUT2D eigenvalue weighted by Gasteiger charge is 2.21. The molecule has 1 aromatic rings. The number of nitrogens with zero attached hydrogens (tertiary/aromatic N) is 2. The van der Waals surface area contributed by atoms with Crippen molar-refractivity contribution in [2.24, 2.45) is 5.92 Å². The van der Waals surface area contributed by atoms with Crippen molar-refractivity contribution in [2.45, 2.75) is 39.0 Å². The van der Waals surface area contributed by atoms with E-state index in [1.165, 1.54) is 18.4 Å². The van der Waals surface area contributed by atoms with E-state index in [0.717, 1.165) is 64.1 Å². The largest absolute Gasteiger partial charge is 0.351 e. The molecule has 2 saturated heterocycles. The van der Waals surface area contributed by atoms with Crippen LogP contribution in [0.15, 0.2) is 24.3 Å². The van der Waals surface area contributed by atoms with Crippen molar-refractivity contribution >= 4 is 11.8 Å². The van der Waals surface area contributed by atoms with E-state index in [2.05, 4.69) is 22.3 Å². The molecule has 1 N–H and O–H groups in total. The molecule has 0 radical (unpaired) electrons. The SMILES string of the molecule is CC(=O)N1CCC(Cc2ccc(C(=O)NCCN3CCCC3)cc2)CC1. The van der Waals surface area contributed by atoms with E-state index < -0.39 is 0 Å². The molecular formula is C21H31N3O2. The molecule has 0 aromatic heterocycles. The van der Waals surface area contributed by atoms with E-state index >= 15 is 0 Å². The molecule has 0 spiro atoms. The Morgan fingerprint density at radius 3 is 2.31 bits per heavy atom. The average Bonchev–Trinajstić information content (AvgIpc) is 3.16.